The Kier molecular flexibility index (Phi) is 5.99. The number of imidazole rings is 1. The maximum Gasteiger partial charge on any atom is 0.223 e. The first-order chi connectivity index (χ1) is 20.7. The number of allylic oxidation sites excluding steroid dienone is 1. The highest BCUT2D eigenvalue weighted by Crippen LogP contribution is 2.66. The summed E-state index contributed by atoms with van der Waals surface area (Å²) in [4.78, 5) is 18.0. The fraction of sp³-hybridized carbons (Fsp3) is 0.457. The summed E-state index contributed by atoms with van der Waals surface area (Å²) in [5.74, 6) is 0.705. The van der Waals surface area contributed by atoms with Crippen molar-refractivity contribution in [1.82, 2.24) is 24.5 Å². The lowest BCUT2D eigenvalue weighted by molar-refractivity contribution is -0.143. The van der Waals surface area contributed by atoms with Crippen LogP contribution >= 0.6 is 0 Å². The maximum absolute atomic E-state index is 13.7. The molecule has 4 aromatic rings. The topological polar surface area (TPSA) is 84.4 Å². The van der Waals surface area contributed by atoms with Crippen LogP contribution in [0.2, 0.25) is 0 Å². The van der Waals surface area contributed by atoms with Crippen molar-refractivity contribution in [1.29, 1.82) is 0 Å². The minimum atomic E-state index is -0.467. The number of hydrogen-bond donors (Lipinski definition) is 2. The zero-order valence-corrected chi connectivity index (χ0v) is 24.7. The van der Waals surface area contributed by atoms with Crippen molar-refractivity contribution in [2.75, 3.05) is 0 Å². The molecule has 8 heteroatoms. The molecule has 7 unspecified atom stereocenters. The molecule has 0 spiro atoms. The number of hydrogen-bond acceptors (Lipinski definition) is 4. The molecule has 1 amide bonds. The molecule has 222 valence electrons. The Morgan fingerprint density at radius 2 is 1.98 bits per heavy atom. The first-order valence-corrected chi connectivity index (χ1v) is 15.7. The second-order valence-corrected chi connectivity index (χ2v) is 13.9. The van der Waals surface area contributed by atoms with Gasteiger partial charge in [0.15, 0.2) is 0 Å². The van der Waals surface area contributed by atoms with E-state index < -0.39 is 6.10 Å². The predicted octanol–water partition coefficient (Wildman–Crippen LogP) is 5.74. The number of aliphatic hydroxyl groups excluding tert-OH is 1. The van der Waals surface area contributed by atoms with Gasteiger partial charge in [0.05, 0.1) is 23.7 Å². The number of fused-ring (bicyclic) bond motifs is 7. The normalized spacial score (nSPS) is 32.8. The van der Waals surface area contributed by atoms with Crippen LogP contribution in [0, 0.1) is 40.3 Å². The molecule has 7 atom stereocenters. The van der Waals surface area contributed by atoms with Crippen LogP contribution in [0.5, 0.6) is 0 Å². The summed E-state index contributed by atoms with van der Waals surface area (Å²) in [6, 6.07) is 10.5. The van der Waals surface area contributed by atoms with Gasteiger partial charge in [-0.05, 0) is 115 Å². The number of rotatable bonds is 4. The Hall–Kier alpha value is -3.78. The number of halogens is 1. The molecule has 7 nitrogen and oxygen atoms in total. The summed E-state index contributed by atoms with van der Waals surface area (Å²) in [5, 5.41) is 19.9. The molecule has 0 aliphatic heterocycles. The Labute approximate surface area is 250 Å². The molecule has 3 heterocycles. The number of carbonyl (C=O) groups is 1. The Balaban J connectivity index is 1.03. The van der Waals surface area contributed by atoms with E-state index in [2.05, 4.69) is 30.2 Å². The summed E-state index contributed by atoms with van der Waals surface area (Å²) in [6.45, 7) is 5.10. The van der Waals surface area contributed by atoms with Crippen LogP contribution in [0.15, 0.2) is 66.8 Å². The standard InChI is InChI=1S/C35H38FN5O2/c1-34-16-22-19-39-41(25-7-5-24(36)6-8-25)29(22)15-23(34)4-9-26-27-10-11-28(35(27,2)17-30(42)32(26)34)33(43)38-18-21-3-12-31-37-13-14-40(31)20-21/h3,5-8,12-15,19-20,26-28,30,32,42H,4,9-11,16-18H2,1-2H3,(H,38,43). The van der Waals surface area contributed by atoms with Gasteiger partial charge in [0.2, 0.25) is 5.91 Å². The van der Waals surface area contributed by atoms with Gasteiger partial charge in [-0.2, -0.15) is 5.10 Å². The lowest BCUT2D eigenvalue weighted by Crippen LogP contribution is -2.57. The van der Waals surface area contributed by atoms with Crippen LogP contribution in [0.3, 0.4) is 0 Å². The van der Waals surface area contributed by atoms with Gasteiger partial charge >= 0.3 is 0 Å². The van der Waals surface area contributed by atoms with Crippen molar-refractivity contribution in [3.63, 3.8) is 0 Å². The van der Waals surface area contributed by atoms with Crippen molar-refractivity contribution >= 4 is 17.6 Å². The molecule has 3 saturated carbocycles. The maximum atomic E-state index is 13.7. The SMILES string of the molecule is CC12Cc3cnn(-c4ccc(F)cc4)c3C=C1CCC1C2C(O)CC2(C)C(C(=O)NCc3ccc4nccn4c3)CCC12. The van der Waals surface area contributed by atoms with E-state index in [1.165, 1.54) is 23.3 Å². The number of carbonyl (C=O) groups excluding carboxylic acids is 1. The second-order valence-electron chi connectivity index (χ2n) is 13.9. The van der Waals surface area contributed by atoms with Gasteiger partial charge < -0.3 is 14.8 Å². The van der Waals surface area contributed by atoms with Gasteiger partial charge in [-0.3, -0.25) is 4.79 Å². The number of pyridine rings is 1. The second kappa shape index (κ2) is 9.61. The third-order valence-corrected chi connectivity index (χ3v) is 11.7. The third-order valence-electron chi connectivity index (χ3n) is 11.7. The van der Waals surface area contributed by atoms with Gasteiger partial charge in [0.1, 0.15) is 11.5 Å². The number of benzene rings is 1. The van der Waals surface area contributed by atoms with E-state index in [-0.39, 0.29) is 34.4 Å². The highest BCUT2D eigenvalue weighted by Gasteiger charge is 2.63. The van der Waals surface area contributed by atoms with Crippen molar-refractivity contribution < 1.29 is 14.3 Å². The first-order valence-electron chi connectivity index (χ1n) is 15.7. The van der Waals surface area contributed by atoms with Gasteiger partial charge in [-0.1, -0.05) is 25.5 Å². The highest BCUT2D eigenvalue weighted by molar-refractivity contribution is 5.80. The highest BCUT2D eigenvalue weighted by atomic mass is 19.1. The Morgan fingerprint density at radius 1 is 1.14 bits per heavy atom. The molecule has 2 N–H and O–H groups in total. The minimum absolute atomic E-state index is 0.0956. The lowest BCUT2D eigenvalue weighted by Gasteiger charge is -2.59. The molecular formula is C35H38FN5O2. The number of nitrogens with zero attached hydrogens (tertiary/aromatic N) is 4. The first kappa shape index (κ1) is 26.8. The van der Waals surface area contributed by atoms with Gasteiger partial charge in [-0.25, -0.2) is 14.1 Å². The molecule has 3 fully saturated rings. The molecular weight excluding hydrogens is 541 g/mol. The molecule has 8 rings (SSSR count). The average molecular weight is 580 g/mol. The molecule has 1 aromatic carbocycles. The molecule has 0 bridgehead atoms. The molecule has 3 aromatic heterocycles. The van der Waals surface area contributed by atoms with Gasteiger partial charge in [0.25, 0.3) is 0 Å². The quantitative estimate of drug-likeness (QED) is 0.323. The average Bonchev–Trinajstić information content (AvgIpc) is 3.70. The Morgan fingerprint density at radius 3 is 2.81 bits per heavy atom. The summed E-state index contributed by atoms with van der Waals surface area (Å²) in [6.07, 6.45) is 14.9. The largest absolute Gasteiger partial charge is 0.393 e. The summed E-state index contributed by atoms with van der Waals surface area (Å²) < 4.78 is 17.5. The fourth-order valence-electron chi connectivity index (χ4n) is 9.79. The van der Waals surface area contributed by atoms with Crippen molar-refractivity contribution in [3.05, 3.63) is 89.4 Å². The van der Waals surface area contributed by atoms with E-state index >= 15 is 0 Å². The Bertz CT molecular complexity index is 1760. The van der Waals surface area contributed by atoms with Crippen LogP contribution in [0.1, 0.15) is 62.8 Å². The zero-order valence-electron chi connectivity index (χ0n) is 24.7. The van der Waals surface area contributed by atoms with Crippen LogP contribution in [-0.4, -0.2) is 36.3 Å². The van der Waals surface area contributed by atoms with Crippen molar-refractivity contribution in [3.8, 4) is 5.69 Å². The summed E-state index contributed by atoms with van der Waals surface area (Å²) in [7, 11) is 0. The summed E-state index contributed by atoms with van der Waals surface area (Å²) >= 11 is 0. The van der Waals surface area contributed by atoms with E-state index in [0.29, 0.717) is 24.8 Å². The van der Waals surface area contributed by atoms with E-state index in [4.69, 9.17) is 5.10 Å². The van der Waals surface area contributed by atoms with Crippen LogP contribution in [0.4, 0.5) is 4.39 Å². The molecule has 4 aliphatic rings. The van der Waals surface area contributed by atoms with Gasteiger partial charge in [0, 0.05) is 31.1 Å². The predicted molar refractivity (Wildman–Crippen MR) is 162 cm³/mol. The van der Waals surface area contributed by atoms with Crippen LogP contribution in [-0.2, 0) is 17.8 Å². The lowest BCUT2D eigenvalue weighted by atomic mass is 9.46. The van der Waals surface area contributed by atoms with E-state index in [0.717, 1.165) is 54.7 Å². The fourth-order valence-corrected chi connectivity index (χ4v) is 9.79. The van der Waals surface area contributed by atoms with E-state index in [1.54, 1.807) is 18.3 Å². The number of aromatic nitrogens is 4. The number of aliphatic hydroxyl groups is 1. The van der Waals surface area contributed by atoms with E-state index in [9.17, 15) is 14.3 Å². The number of nitrogens with one attached hydrogen (secondary N) is 1. The smallest absolute Gasteiger partial charge is 0.223 e. The van der Waals surface area contributed by atoms with Crippen molar-refractivity contribution in [2.24, 2.45) is 34.5 Å². The molecule has 0 radical (unpaired) electrons. The van der Waals surface area contributed by atoms with E-state index in [1.807, 2.05) is 39.8 Å². The van der Waals surface area contributed by atoms with Crippen molar-refractivity contribution in [2.45, 2.75) is 65.0 Å². The summed E-state index contributed by atoms with van der Waals surface area (Å²) in [5.41, 5.74) is 6.04. The third kappa shape index (κ3) is 4.05. The minimum Gasteiger partial charge on any atom is -0.393 e. The molecule has 4 aliphatic carbocycles. The van der Waals surface area contributed by atoms with Crippen LogP contribution < -0.4 is 5.32 Å². The monoisotopic (exact) mass is 579 g/mol. The zero-order chi connectivity index (χ0) is 29.5. The van der Waals surface area contributed by atoms with Crippen LogP contribution in [0.25, 0.3) is 17.4 Å². The molecule has 43 heavy (non-hydrogen) atoms. The molecule has 0 saturated heterocycles. The number of amides is 1. The van der Waals surface area contributed by atoms with Gasteiger partial charge in [-0.15, -0.1) is 0 Å².